The first-order valence-electron chi connectivity index (χ1n) is 11.4. The van der Waals surface area contributed by atoms with Crippen molar-refractivity contribution in [1.82, 2.24) is 14.9 Å². The van der Waals surface area contributed by atoms with Gasteiger partial charge in [-0.3, -0.25) is 14.4 Å². The van der Waals surface area contributed by atoms with Crippen LogP contribution in [0.1, 0.15) is 69.2 Å². The third-order valence-corrected chi connectivity index (χ3v) is 8.44. The number of hydrogen-bond acceptors (Lipinski definition) is 5. The molecule has 176 valence electrons. The van der Waals surface area contributed by atoms with Gasteiger partial charge in [0.1, 0.15) is 5.54 Å². The van der Waals surface area contributed by atoms with Crippen molar-refractivity contribution in [2.45, 2.75) is 69.2 Å². The molecule has 9 heteroatoms. The lowest BCUT2D eigenvalue weighted by molar-refractivity contribution is -0.137. The van der Waals surface area contributed by atoms with Gasteiger partial charge >= 0.3 is 0 Å². The summed E-state index contributed by atoms with van der Waals surface area (Å²) < 4.78 is 27.4. The number of piperidine rings is 1. The molecule has 8 nitrogen and oxygen atoms in total. The minimum absolute atomic E-state index is 0.0884. The predicted octanol–water partition coefficient (Wildman–Crippen LogP) is 2.25. The van der Waals surface area contributed by atoms with Crippen LogP contribution < -0.4 is 10.6 Å². The van der Waals surface area contributed by atoms with Gasteiger partial charge in [0.25, 0.3) is 0 Å². The molecule has 1 aromatic rings. The van der Waals surface area contributed by atoms with Crippen LogP contribution in [-0.4, -0.2) is 55.5 Å². The Bertz CT molecular complexity index is 962. The Morgan fingerprint density at radius 3 is 2.34 bits per heavy atom. The molecular formula is C23H33N3O5S. The van der Waals surface area contributed by atoms with Gasteiger partial charge < -0.3 is 10.6 Å². The van der Waals surface area contributed by atoms with Crippen molar-refractivity contribution < 1.29 is 22.8 Å². The van der Waals surface area contributed by atoms with Crippen LogP contribution in [0.3, 0.4) is 0 Å². The first-order valence-corrected chi connectivity index (χ1v) is 12.8. The largest absolute Gasteiger partial charge is 0.354 e. The van der Waals surface area contributed by atoms with Crippen LogP contribution in [0.4, 0.5) is 0 Å². The molecule has 1 saturated heterocycles. The quantitative estimate of drug-likeness (QED) is 0.602. The van der Waals surface area contributed by atoms with Crippen molar-refractivity contribution in [1.29, 1.82) is 0 Å². The second-order valence-corrected chi connectivity index (χ2v) is 10.7. The van der Waals surface area contributed by atoms with E-state index in [1.807, 2.05) is 6.92 Å². The van der Waals surface area contributed by atoms with E-state index in [-0.39, 0.29) is 41.5 Å². The standard InChI is InChI=1S/C23H33N3O5S/c1-3-24-22(29)23(12-5-4-6-13-23)25-21(28)18-10-14-26(15-11-18)32(30,31)20-9-7-8-19(16-20)17(2)27/h7-9,16,18H,3-6,10-15H2,1-2H3,(H,24,29)(H,25,28). The number of hydrogen-bond donors (Lipinski definition) is 2. The number of nitrogens with one attached hydrogen (secondary N) is 2. The average molecular weight is 464 g/mol. The lowest BCUT2D eigenvalue weighted by Crippen LogP contribution is -2.61. The van der Waals surface area contributed by atoms with Gasteiger partial charge in [-0.2, -0.15) is 4.31 Å². The number of carbonyl (C=O) groups is 3. The van der Waals surface area contributed by atoms with Gasteiger partial charge in [-0.05, 0) is 51.7 Å². The normalized spacial score (nSPS) is 19.8. The van der Waals surface area contributed by atoms with E-state index in [0.717, 1.165) is 19.3 Å². The summed E-state index contributed by atoms with van der Waals surface area (Å²) in [4.78, 5) is 37.5. The molecule has 0 aromatic heterocycles. The van der Waals surface area contributed by atoms with Gasteiger partial charge in [0.05, 0.1) is 4.90 Å². The molecule has 0 bridgehead atoms. The van der Waals surface area contributed by atoms with E-state index in [2.05, 4.69) is 10.6 Å². The molecule has 0 atom stereocenters. The van der Waals surface area contributed by atoms with E-state index < -0.39 is 15.6 Å². The Hall–Kier alpha value is -2.26. The van der Waals surface area contributed by atoms with Gasteiger partial charge in [0.2, 0.25) is 21.8 Å². The summed E-state index contributed by atoms with van der Waals surface area (Å²) in [6.45, 7) is 4.21. The summed E-state index contributed by atoms with van der Waals surface area (Å²) in [6, 6.07) is 6.04. The molecule has 2 amide bonds. The molecule has 0 unspecified atom stereocenters. The average Bonchev–Trinajstić information content (AvgIpc) is 2.80. The summed E-state index contributed by atoms with van der Waals surface area (Å²) in [5.41, 5.74) is -0.509. The highest BCUT2D eigenvalue weighted by atomic mass is 32.2. The number of carbonyl (C=O) groups excluding carboxylic acids is 3. The van der Waals surface area contributed by atoms with Gasteiger partial charge in [0.15, 0.2) is 5.78 Å². The lowest BCUT2D eigenvalue weighted by Gasteiger charge is -2.38. The van der Waals surface area contributed by atoms with Crippen molar-refractivity contribution in [3.05, 3.63) is 29.8 Å². The summed E-state index contributed by atoms with van der Waals surface area (Å²) in [7, 11) is -3.74. The van der Waals surface area contributed by atoms with E-state index in [1.54, 1.807) is 12.1 Å². The van der Waals surface area contributed by atoms with Crippen LogP contribution in [0.2, 0.25) is 0 Å². The zero-order valence-corrected chi connectivity index (χ0v) is 19.7. The molecule has 2 N–H and O–H groups in total. The minimum Gasteiger partial charge on any atom is -0.354 e. The molecule has 3 rings (SSSR count). The van der Waals surface area contributed by atoms with Crippen LogP contribution in [0.25, 0.3) is 0 Å². The van der Waals surface area contributed by atoms with E-state index in [4.69, 9.17) is 0 Å². The zero-order chi connectivity index (χ0) is 23.4. The van der Waals surface area contributed by atoms with Gasteiger partial charge in [-0.15, -0.1) is 0 Å². The highest BCUT2D eigenvalue weighted by molar-refractivity contribution is 7.89. The maximum Gasteiger partial charge on any atom is 0.245 e. The van der Waals surface area contributed by atoms with Gasteiger partial charge in [-0.25, -0.2) is 8.42 Å². The molecule has 1 aromatic carbocycles. The fourth-order valence-corrected chi connectivity index (χ4v) is 6.13. The number of rotatable bonds is 7. The molecule has 2 aliphatic rings. The van der Waals surface area contributed by atoms with Crippen molar-refractivity contribution in [2.75, 3.05) is 19.6 Å². The number of amides is 2. The molecule has 0 spiro atoms. The smallest absolute Gasteiger partial charge is 0.245 e. The van der Waals surface area contributed by atoms with Crippen LogP contribution >= 0.6 is 0 Å². The maximum absolute atomic E-state index is 13.0. The van der Waals surface area contributed by atoms with Crippen molar-refractivity contribution in [3.63, 3.8) is 0 Å². The topological polar surface area (TPSA) is 113 Å². The van der Waals surface area contributed by atoms with E-state index in [0.29, 0.717) is 37.8 Å². The number of ketones is 1. The second kappa shape index (κ2) is 10.1. The number of Topliss-reactive ketones (excluding diaryl/α,β-unsaturated/α-hetero) is 1. The fraction of sp³-hybridized carbons (Fsp3) is 0.609. The number of benzene rings is 1. The number of nitrogens with zero attached hydrogens (tertiary/aromatic N) is 1. The molecule has 1 aliphatic carbocycles. The monoisotopic (exact) mass is 463 g/mol. The molecule has 1 saturated carbocycles. The highest BCUT2D eigenvalue weighted by Gasteiger charge is 2.42. The fourth-order valence-electron chi connectivity index (χ4n) is 4.61. The number of likely N-dealkylation sites (N-methyl/N-ethyl adjacent to an activating group) is 1. The summed E-state index contributed by atoms with van der Waals surface area (Å²) in [5, 5.41) is 5.89. The molecule has 1 heterocycles. The first-order chi connectivity index (χ1) is 15.2. The zero-order valence-electron chi connectivity index (χ0n) is 18.9. The summed E-state index contributed by atoms with van der Waals surface area (Å²) in [5.74, 6) is -0.827. The summed E-state index contributed by atoms with van der Waals surface area (Å²) >= 11 is 0. The second-order valence-electron chi connectivity index (χ2n) is 8.75. The van der Waals surface area contributed by atoms with E-state index in [9.17, 15) is 22.8 Å². The maximum atomic E-state index is 13.0. The van der Waals surface area contributed by atoms with Gasteiger partial charge in [0, 0.05) is 31.1 Å². The Kier molecular flexibility index (Phi) is 7.71. The Morgan fingerprint density at radius 1 is 1.09 bits per heavy atom. The molecule has 0 radical (unpaired) electrons. The van der Waals surface area contributed by atoms with Gasteiger partial charge in [-0.1, -0.05) is 31.4 Å². The minimum atomic E-state index is -3.74. The van der Waals surface area contributed by atoms with Crippen molar-refractivity contribution >= 4 is 27.6 Å². The van der Waals surface area contributed by atoms with Crippen LogP contribution in [0.15, 0.2) is 29.2 Å². The third-order valence-electron chi connectivity index (χ3n) is 6.54. The molecule has 1 aliphatic heterocycles. The highest BCUT2D eigenvalue weighted by Crippen LogP contribution is 2.30. The van der Waals surface area contributed by atoms with Crippen molar-refractivity contribution in [3.8, 4) is 0 Å². The number of sulfonamides is 1. The lowest BCUT2D eigenvalue weighted by atomic mass is 9.80. The molecule has 2 fully saturated rings. The van der Waals surface area contributed by atoms with Crippen LogP contribution in [0.5, 0.6) is 0 Å². The molecule has 32 heavy (non-hydrogen) atoms. The first kappa shape index (κ1) is 24.4. The SMILES string of the molecule is CCNC(=O)C1(NC(=O)C2CCN(S(=O)(=O)c3cccc(C(C)=O)c3)CC2)CCCCC1. The summed E-state index contributed by atoms with van der Waals surface area (Å²) in [6.07, 6.45) is 4.89. The Labute approximate surface area is 190 Å². The van der Waals surface area contributed by atoms with Crippen molar-refractivity contribution in [2.24, 2.45) is 5.92 Å². The third kappa shape index (κ3) is 5.20. The predicted molar refractivity (Wildman–Crippen MR) is 121 cm³/mol. The van der Waals surface area contributed by atoms with E-state index >= 15 is 0 Å². The Morgan fingerprint density at radius 2 is 1.75 bits per heavy atom. The molecular weight excluding hydrogens is 430 g/mol. The van der Waals surface area contributed by atoms with Crippen LogP contribution in [0, 0.1) is 5.92 Å². The van der Waals surface area contributed by atoms with E-state index in [1.165, 1.54) is 23.4 Å². The van der Waals surface area contributed by atoms with Crippen LogP contribution in [-0.2, 0) is 19.6 Å². The Balaban J connectivity index is 1.65.